The molecule has 162 valence electrons. The van der Waals surface area contributed by atoms with Crippen LogP contribution in [0, 0.1) is 0 Å². The zero-order chi connectivity index (χ0) is 21.2. The lowest BCUT2D eigenvalue weighted by Crippen LogP contribution is -2.40. The third kappa shape index (κ3) is 3.93. The number of hydrogen-bond donors (Lipinski definition) is 0. The first-order valence-electron chi connectivity index (χ1n) is 10.9. The highest BCUT2D eigenvalue weighted by atomic mass is 79.9. The van der Waals surface area contributed by atoms with Gasteiger partial charge in [0.05, 0.1) is 24.7 Å². The lowest BCUT2D eigenvalue weighted by atomic mass is 9.95. The summed E-state index contributed by atoms with van der Waals surface area (Å²) in [6.07, 6.45) is 7.83. The zero-order valence-corrected chi connectivity index (χ0v) is 19.4. The van der Waals surface area contributed by atoms with E-state index >= 15 is 0 Å². The van der Waals surface area contributed by atoms with Gasteiger partial charge in [-0.2, -0.15) is 4.57 Å². The van der Waals surface area contributed by atoms with Crippen LogP contribution in [0.2, 0.25) is 0 Å². The summed E-state index contributed by atoms with van der Waals surface area (Å²) in [7, 11) is 1.70. The fourth-order valence-electron chi connectivity index (χ4n) is 4.43. The first-order chi connectivity index (χ1) is 15.3. The van der Waals surface area contributed by atoms with Crippen LogP contribution >= 0.6 is 15.9 Å². The van der Waals surface area contributed by atoms with Crippen LogP contribution in [0.4, 0.5) is 0 Å². The lowest BCUT2D eigenvalue weighted by Gasteiger charge is -2.18. The molecule has 0 spiro atoms. The third-order valence-electron chi connectivity index (χ3n) is 6.07. The molecule has 0 saturated heterocycles. The summed E-state index contributed by atoms with van der Waals surface area (Å²) in [6, 6.07) is 10.6. The van der Waals surface area contributed by atoms with Crippen LogP contribution in [0.5, 0.6) is 23.0 Å². The number of benzene rings is 2. The first-order valence-corrected chi connectivity index (χ1v) is 12.1. The number of hydrogen-bond acceptors (Lipinski definition) is 4. The van der Waals surface area contributed by atoms with Crippen molar-refractivity contribution in [3.8, 4) is 34.3 Å². The minimum absolute atomic E-state index is 0.298. The number of fused-ring (bicyclic) bond motifs is 5. The number of pyridine rings is 1. The number of aryl methyl sites for hydroxylation is 2. The second-order valence-corrected chi connectivity index (χ2v) is 8.81. The van der Waals surface area contributed by atoms with Gasteiger partial charge in [0.1, 0.15) is 0 Å². The quantitative estimate of drug-likeness (QED) is 0.243. The highest BCUT2D eigenvalue weighted by molar-refractivity contribution is 9.09. The number of rotatable bonds is 8. The predicted octanol–water partition coefficient (Wildman–Crippen LogP) is 5.42. The van der Waals surface area contributed by atoms with E-state index in [-0.39, 0.29) is 0 Å². The van der Waals surface area contributed by atoms with Crippen molar-refractivity contribution in [2.24, 2.45) is 0 Å². The summed E-state index contributed by atoms with van der Waals surface area (Å²) in [5, 5.41) is 3.30. The van der Waals surface area contributed by atoms with Gasteiger partial charge in [-0.1, -0.05) is 28.8 Å². The number of alkyl halides is 1. The van der Waals surface area contributed by atoms with Gasteiger partial charge in [-0.05, 0) is 48.1 Å². The van der Waals surface area contributed by atoms with Crippen molar-refractivity contribution >= 4 is 26.7 Å². The summed E-state index contributed by atoms with van der Waals surface area (Å²) in [5.74, 6) is 3.30. The van der Waals surface area contributed by atoms with Gasteiger partial charge in [0, 0.05) is 17.8 Å². The zero-order valence-electron chi connectivity index (χ0n) is 17.8. The van der Waals surface area contributed by atoms with Crippen LogP contribution < -0.4 is 23.5 Å². The third-order valence-corrected chi connectivity index (χ3v) is 6.63. The minimum atomic E-state index is 0.298. The Balaban J connectivity index is 1.49. The Morgan fingerprint density at radius 3 is 2.71 bits per heavy atom. The van der Waals surface area contributed by atoms with Gasteiger partial charge in [0.15, 0.2) is 35.7 Å². The Bertz CT molecular complexity index is 1110. The minimum Gasteiger partial charge on any atom is -0.493 e. The SMILES string of the molecule is COc1ccc2cc3[n+](cc2c1OCCCCCCBr)CCc1cc2c(cc1-3)OCO2. The number of aromatic nitrogens is 1. The molecule has 5 nitrogen and oxygen atoms in total. The van der Waals surface area contributed by atoms with E-state index in [2.05, 4.69) is 51.0 Å². The Hall–Kier alpha value is -2.47. The van der Waals surface area contributed by atoms with Crippen molar-refractivity contribution < 1.29 is 23.5 Å². The molecule has 1 aromatic heterocycles. The molecule has 0 unspecified atom stereocenters. The molecule has 0 aliphatic carbocycles. The summed E-state index contributed by atoms with van der Waals surface area (Å²) in [5.41, 5.74) is 3.71. The van der Waals surface area contributed by atoms with Crippen LogP contribution in [0.25, 0.3) is 22.0 Å². The second kappa shape index (κ2) is 8.95. The van der Waals surface area contributed by atoms with E-state index in [1.807, 2.05) is 6.07 Å². The van der Waals surface area contributed by atoms with Crippen LogP contribution in [0.15, 0.2) is 36.5 Å². The van der Waals surface area contributed by atoms with Crippen molar-refractivity contribution in [1.29, 1.82) is 0 Å². The molecular weight excluding hydrogens is 458 g/mol. The van der Waals surface area contributed by atoms with Crippen molar-refractivity contribution in [2.75, 3.05) is 25.8 Å². The van der Waals surface area contributed by atoms with E-state index in [0.717, 1.165) is 58.5 Å². The molecule has 0 fully saturated rings. The number of halogens is 1. The topological polar surface area (TPSA) is 40.8 Å². The van der Waals surface area contributed by atoms with Crippen LogP contribution in [-0.4, -0.2) is 25.8 Å². The van der Waals surface area contributed by atoms with Gasteiger partial charge < -0.3 is 18.9 Å². The smallest absolute Gasteiger partial charge is 0.231 e. The predicted molar refractivity (Wildman–Crippen MR) is 124 cm³/mol. The van der Waals surface area contributed by atoms with E-state index < -0.39 is 0 Å². The van der Waals surface area contributed by atoms with Crippen molar-refractivity contribution in [3.63, 3.8) is 0 Å². The number of methoxy groups -OCH3 is 1. The molecule has 0 saturated carbocycles. The normalized spacial score (nSPS) is 13.7. The van der Waals surface area contributed by atoms with Gasteiger partial charge in [-0.25, -0.2) is 0 Å². The molecular formula is C25H27BrNO4+. The summed E-state index contributed by atoms with van der Waals surface area (Å²) in [4.78, 5) is 0. The monoisotopic (exact) mass is 484 g/mol. The molecule has 2 aliphatic rings. The lowest BCUT2D eigenvalue weighted by molar-refractivity contribution is -0.686. The highest BCUT2D eigenvalue weighted by Crippen LogP contribution is 2.41. The molecule has 3 heterocycles. The Morgan fingerprint density at radius 2 is 1.87 bits per heavy atom. The first kappa shape index (κ1) is 20.4. The number of nitrogens with zero attached hydrogens (tertiary/aromatic N) is 1. The van der Waals surface area contributed by atoms with Crippen LogP contribution in [-0.2, 0) is 13.0 Å². The molecule has 0 N–H and O–H groups in total. The fourth-order valence-corrected chi connectivity index (χ4v) is 4.83. The fraction of sp³-hybridized carbons (Fsp3) is 0.400. The van der Waals surface area contributed by atoms with Gasteiger partial charge in [0.25, 0.3) is 0 Å². The summed E-state index contributed by atoms with van der Waals surface area (Å²) >= 11 is 3.49. The average molecular weight is 485 g/mol. The van der Waals surface area contributed by atoms with Crippen molar-refractivity contribution in [1.82, 2.24) is 0 Å². The molecule has 2 aliphatic heterocycles. The van der Waals surface area contributed by atoms with Crippen molar-refractivity contribution in [3.05, 3.63) is 42.1 Å². The van der Waals surface area contributed by atoms with Gasteiger partial charge in [-0.15, -0.1) is 0 Å². The van der Waals surface area contributed by atoms with E-state index in [1.165, 1.54) is 36.1 Å². The Labute approximate surface area is 191 Å². The molecule has 5 rings (SSSR count). The summed E-state index contributed by atoms with van der Waals surface area (Å²) in [6.45, 7) is 1.92. The van der Waals surface area contributed by atoms with Gasteiger partial charge >= 0.3 is 0 Å². The summed E-state index contributed by atoms with van der Waals surface area (Å²) < 4.78 is 25.4. The largest absolute Gasteiger partial charge is 0.493 e. The van der Waals surface area contributed by atoms with E-state index in [0.29, 0.717) is 13.4 Å². The van der Waals surface area contributed by atoms with E-state index in [4.69, 9.17) is 18.9 Å². The Kier molecular flexibility index (Phi) is 5.90. The number of ether oxygens (including phenoxy) is 4. The van der Waals surface area contributed by atoms with E-state index in [1.54, 1.807) is 7.11 Å². The van der Waals surface area contributed by atoms with Crippen LogP contribution in [0.1, 0.15) is 31.2 Å². The number of unbranched alkanes of at least 4 members (excludes halogenated alkanes) is 3. The molecule has 31 heavy (non-hydrogen) atoms. The van der Waals surface area contributed by atoms with Gasteiger partial charge in [-0.3, -0.25) is 0 Å². The van der Waals surface area contributed by atoms with Gasteiger partial charge in [0.2, 0.25) is 12.5 Å². The molecule has 0 bridgehead atoms. The molecule has 0 atom stereocenters. The van der Waals surface area contributed by atoms with E-state index in [9.17, 15) is 0 Å². The maximum Gasteiger partial charge on any atom is 0.231 e. The molecule has 0 radical (unpaired) electrons. The maximum absolute atomic E-state index is 6.26. The van der Waals surface area contributed by atoms with Crippen LogP contribution in [0.3, 0.4) is 0 Å². The highest BCUT2D eigenvalue weighted by Gasteiger charge is 2.28. The maximum atomic E-state index is 6.26. The Morgan fingerprint density at radius 1 is 1.03 bits per heavy atom. The standard InChI is InChI=1S/C25H27BrNO4/c1-28-22-7-6-17-12-21-19-14-24-23(30-16-31-24)13-18(19)8-10-27(21)15-20(17)25(22)29-11-5-3-2-4-9-26/h6-7,12-15H,2-5,8-11,16H2,1H3/q+1. The second-order valence-electron chi connectivity index (χ2n) is 8.02. The molecule has 2 aromatic carbocycles. The average Bonchev–Trinajstić information content (AvgIpc) is 3.26. The molecule has 3 aromatic rings. The molecule has 6 heteroatoms. The van der Waals surface area contributed by atoms with Crippen molar-refractivity contribution in [2.45, 2.75) is 38.6 Å². The molecule has 0 amide bonds.